The van der Waals surface area contributed by atoms with Crippen molar-refractivity contribution in [3.8, 4) is 0 Å². The van der Waals surface area contributed by atoms with Gasteiger partial charge in [0.05, 0.1) is 11.0 Å². The number of nitrogen functional groups attached to an aromatic ring is 1. The molecule has 18 heavy (non-hydrogen) atoms. The standard InChI is InChI=1S/C12H9N3OS.BrH/c13-12-14-9-2-1-7(5-10(9)15-12)11(16)8-3-4-17-6-8;/h1-6H,(H3,13,14,15);1H. The Balaban J connectivity index is 0.00000120. The fourth-order valence-electron chi connectivity index (χ4n) is 1.73. The van der Waals surface area contributed by atoms with Crippen LogP contribution in [0.2, 0.25) is 0 Å². The second-order valence-electron chi connectivity index (χ2n) is 3.70. The van der Waals surface area contributed by atoms with Gasteiger partial charge in [0.1, 0.15) is 0 Å². The van der Waals surface area contributed by atoms with E-state index in [1.807, 2.05) is 16.8 Å². The van der Waals surface area contributed by atoms with Gasteiger partial charge in [0.25, 0.3) is 0 Å². The van der Waals surface area contributed by atoms with Crippen LogP contribution < -0.4 is 5.73 Å². The predicted molar refractivity (Wildman–Crippen MR) is 78.6 cm³/mol. The maximum absolute atomic E-state index is 12.1. The molecule has 0 bridgehead atoms. The second kappa shape index (κ2) is 4.91. The van der Waals surface area contributed by atoms with Crippen LogP contribution in [0.3, 0.4) is 0 Å². The van der Waals surface area contributed by atoms with Gasteiger partial charge in [0.2, 0.25) is 0 Å². The number of nitrogens with one attached hydrogen (secondary N) is 1. The van der Waals surface area contributed by atoms with E-state index in [0.29, 0.717) is 17.1 Å². The van der Waals surface area contributed by atoms with Crippen LogP contribution in [-0.2, 0) is 0 Å². The number of nitrogens with zero attached hydrogens (tertiary/aromatic N) is 1. The van der Waals surface area contributed by atoms with Crippen molar-refractivity contribution in [1.29, 1.82) is 0 Å². The van der Waals surface area contributed by atoms with Crippen LogP contribution in [0.15, 0.2) is 35.0 Å². The van der Waals surface area contributed by atoms with Gasteiger partial charge in [-0.25, -0.2) is 4.98 Å². The molecule has 0 unspecified atom stereocenters. The number of halogens is 1. The topological polar surface area (TPSA) is 71.8 Å². The van der Waals surface area contributed by atoms with Crippen molar-refractivity contribution in [2.45, 2.75) is 0 Å². The molecule has 2 aromatic heterocycles. The van der Waals surface area contributed by atoms with E-state index >= 15 is 0 Å². The van der Waals surface area contributed by atoms with Crippen LogP contribution >= 0.6 is 28.3 Å². The number of aromatic amines is 1. The summed E-state index contributed by atoms with van der Waals surface area (Å²) in [7, 11) is 0. The molecular weight excluding hydrogens is 314 g/mol. The van der Waals surface area contributed by atoms with Crippen molar-refractivity contribution >= 4 is 51.1 Å². The Morgan fingerprint density at radius 1 is 1.28 bits per heavy atom. The lowest BCUT2D eigenvalue weighted by atomic mass is 10.1. The average molecular weight is 324 g/mol. The summed E-state index contributed by atoms with van der Waals surface area (Å²) in [6, 6.07) is 7.15. The molecule has 3 aromatic rings. The van der Waals surface area contributed by atoms with Gasteiger partial charge in [0, 0.05) is 16.5 Å². The lowest BCUT2D eigenvalue weighted by molar-refractivity contribution is 0.103. The highest BCUT2D eigenvalue weighted by molar-refractivity contribution is 8.93. The molecule has 6 heteroatoms. The molecule has 0 fully saturated rings. The molecule has 0 atom stereocenters. The molecule has 0 amide bonds. The number of thiophene rings is 1. The third-order valence-corrected chi connectivity index (χ3v) is 3.23. The summed E-state index contributed by atoms with van der Waals surface area (Å²) in [6.07, 6.45) is 0. The van der Waals surface area contributed by atoms with Gasteiger partial charge in [-0.15, -0.1) is 17.0 Å². The lowest BCUT2D eigenvalue weighted by Gasteiger charge is -1.97. The third kappa shape index (κ3) is 2.16. The van der Waals surface area contributed by atoms with E-state index in [1.165, 1.54) is 11.3 Å². The summed E-state index contributed by atoms with van der Waals surface area (Å²) in [5, 5.41) is 3.73. The number of fused-ring (bicyclic) bond motifs is 1. The quantitative estimate of drug-likeness (QED) is 0.712. The van der Waals surface area contributed by atoms with Gasteiger partial charge in [-0.1, -0.05) is 0 Å². The zero-order valence-corrected chi connectivity index (χ0v) is 11.7. The van der Waals surface area contributed by atoms with Crippen molar-refractivity contribution in [1.82, 2.24) is 9.97 Å². The van der Waals surface area contributed by atoms with Crippen molar-refractivity contribution in [2.24, 2.45) is 0 Å². The van der Waals surface area contributed by atoms with Crippen molar-refractivity contribution in [3.05, 3.63) is 46.2 Å². The Kier molecular flexibility index (Phi) is 3.49. The molecule has 0 saturated carbocycles. The average Bonchev–Trinajstić information content (AvgIpc) is 2.94. The van der Waals surface area contributed by atoms with E-state index in [-0.39, 0.29) is 22.8 Å². The van der Waals surface area contributed by atoms with Gasteiger partial charge >= 0.3 is 0 Å². The maximum atomic E-state index is 12.1. The Hall–Kier alpha value is -1.66. The fourth-order valence-corrected chi connectivity index (χ4v) is 2.37. The molecule has 0 aliphatic carbocycles. The van der Waals surface area contributed by atoms with E-state index in [0.717, 1.165) is 11.0 Å². The fraction of sp³-hybridized carbons (Fsp3) is 0. The number of H-pyrrole nitrogens is 1. The number of rotatable bonds is 2. The molecule has 0 aliphatic rings. The Labute approximate surface area is 118 Å². The summed E-state index contributed by atoms with van der Waals surface area (Å²) < 4.78 is 0. The number of aromatic nitrogens is 2. The largest absolute Gasteiger partial charge is 0.369 e. The molecule has 2 heterocycles. The lowest BCUT2D eigenvalue weighted by Crippen LogP contribution is -1.98. The van der Waals surface area contributed by atoms with Crippen LogP contribution in [-0.4, -0.2) is 15.8 Å². The highest BCUT2D eigenvalue weighted by Gasteiger charge is 2.10. The minimum atomic E-state index is 0. The summed E-state index contributed by atoms with van der Waals surface area (Å²) in [6.45, 7) is 0. The van der Waals surface area contributed by atoms with Crippen LogP contribution in [0, 0.1) is 0 Å². The molecule has 0 radical (unpaired) electrons. The molecule has 4 nitrogen and oxygen atoms in total. The van der Waals surface area contributed by atoms with Gasteiger partial charge in [-0.3, -0.25) is 4.79 Å². The Morgan fingerprint density at radius 3 is 2.83 bits per heavy atom. The number of benzene rings is 1. The van der Waals surface area contributed by atoms with E-state index in [2.05, 4.69) is 9.97 Å². The molecule has 1 aromatic carbocycles. The Bertz CT molecular complexity index is 690. The van der Waals surface area contributed by atoms with Gasteiger partial charge in [0.15, 0.2) is 11.7 Å². The number of anilines is 1. The van der Waals surface area contributed by atoms with Gasteiger partial charge in [-0.05, 0) is 29.6 Å². The summed E-state index contributed by atoms with van der Waals surface area (Å²) in [4.78, 5) is 19.1. The number of hydrogen-bond acceptors (Lipinski definition) is 4. The third-order valence-electron chi connectivity index (χ3n) is 2.55. The number of carbonyl (C=O) groups excluding carboxylic acids is 1. The molecule has 0 saturated heterocycles. The molecule has 92 valence electrons. The zero-order valence-electron chi connectivity index (χ0n) is 9.21. The molecule has 0 aliphatic heterocycles. The Morgan fingerprint density at radius 2 is 2.11 bits per heavy atom. The summed E-state index contributed by atoms with van der Waals surface area (Å²) in [5.41, 5.74) is 8.46. The van der Waals surface area contributed by atoms with Gasteiger partial charge < -0.3 is 10.7 Å². The second-order valence-corrected chi connectivity index (χ2v) is 4.48. The minimum Gasteiger partial charge on any atom is -0.369 e. The number of ketones is 1. The first-order valence-electron chi connectivity index (χ1n) is 5.06. The normalized spacial score (nSPS) is 10.2. The van der Waals surface area contributed by atoms with Crippen LogP contribution in [0.5, 0.6) is 0 Å². The monoisotopic (exact) mass is 323 g/mol. The number of hydrogen-bond donors (Lipinski definition) is 2. The zero-order chi connectivity index (χ0) is 11.8. The number of carbonyl (C=O) groups is 1. The highest BCUT2D eigenvalue weighted by Crippen LogP contribution is 2.18. The van der Waals surface area contributed by atoms with E-state index < -0.39 is 0 Å². The first-order chi connectivity index (χ1) is 8.24. The van der Waals surface area contributed by atoms with E-state index in [4.69, 9.17) is 5.73 Å². The minimum absolute atomic E-state index is 0. The van der Waals surface area contributed by atoms with Crippen LogP contribution in [0.4, 0.5) is 5.95 Å². The van der Waals surface area contributed by atoms with E-state index in [9.17, 15) is 4.79 Å². The smallest absolute Gasteiger partial charge is 0.198 e. The number of nitrogens with two attached hydrogens (primary N) is 1. The van der Waals surface area contributed by atoms with Crippen molar-refractivity contribution in [2.75, 3.05) is 5.73 Å². The molecule has 3 N–H and O–H groups in total. The molecule has 3 rings (SSSR count). The van der Waals surface area contributed by atoms with Crippen molar-refractivity contribution in [3.63, 3.8) is 0 Å². The van der Waals surface area contributed by atoms with Gasteiger partial charge in [-0.2, -0.15) is 11.3 Å². The summed E-state index contributed by atoms with van der Waals surface area (Å²) >= 11 is 1.51. The van der Waals surface area contributed by atoms with Crippen LogP contribution in [0.1, 0.15) is 15.9 Å². The molecular formula is C12H10BrN3OS. The van der Waals surface area contributed by atoms with Crippen molar-refractivity contribution < 1.29 is 4.79 Å². The predicted octanol–water partition coefficient (Wildman–Crippen LogP) is 3.02. The first kappa shape index (κ1) is 12.8. The van der Waals surface area contributed by atoms with E-state index in [1.54, 1.807) is 18.2 Å². The first-order valence-corrected chi connectivity index (χ1v) is 6.00. The highest BCUT2D eigenvalue weighted by atomic mass is 79.9. The maximum Gasteiger partial charge on any atom is 0.198 e. The summed E-state index contributed by atoms with van der Waals surface area (Å²) in [5.74, 6) is 0.376. The van der Waals surface area contributed by atoms with Crippen LogP contribution in [0.25, 0.3) is 11.0 Å². The molecule has 0 spiro atoms. The number of imidazole rings is 1. The SMILES string of the molecule is Br.Nc1nc2ccc(C(=O)c3ccsc3)cc2[nH]1.